The lowest BCUT2D eigenvalue weighted by Gasteiger charge is -2.38. The zero-order chi connectivity index (χ0) is 55.7. The predicted molar refractivity (Wildman–Crippen MR) is 336 cm³/mol. The Morgan fingerprint density at radius 2 is 0.577 bits per heavy atom. The summed E-state index contributed by atoms with van der Waals surface area (Å²) >= 11 is 0. The van der Waals surface area contributed by atoms with E-state index in [9.17, 15) is 0 Å². The molecule has 412 valence electrons. The zero-order valence-corrected chi connectivity index (χ0v) is 51.3. The van der Waals surface area contributed by atoms with E-state index in [1.807, 2.05) is 0 Å². The third-order valence-corrected chi connectivity index (χ3v) is 21.6. The van der Waals surface area contributed by atoms with Crippen LogP contribution in [-0.4, -0.2) is 18.3 Å². The van der Waals surface area contributed by atoms with Gasteiger partial charge in [-0.25, -0.2) is 0 Å². The van der Waals surface area contributed by atoms with Crippen LogP contribution in [-0.2, 0) is 25.6 Å². The summed E-state index contributed by atoms with van der Waals surface area (Å²) in [6.07, 6.45) is 13.9. The summed E-state index contributed by atoms with van der Waals surface area (Å²) in [4.78, 5) is 0. The van der Waals surface area contributed by atoms with Crippen LogP contribution >= 0.6 is 0 Å². The van der Waals surface area contributed by atoms with Crippen molar-refractivity contribution in [2.24, 2.45) is 35.5 Å². The first-order valence-electron chi connectivity index (χ1n) is 31.4. The van der Waals surface area contributed by atoms with Gasteiger partial charge in [-0.2, -0.15) is 0 Å². The summed E-state index contributed by atoms with van der Waals surface area (Å²) in [5.74, 6) is 3.53. The van der Waals surface area contributed by atoms with Gasteiger partial charge in [0.05, 0.1) is 11.2 Å². The zero-order valence-electron chi connectivity index (χ0n) is 51.3. The summed E-state index contributed by atoms with van der Waals surface area (Å²) in [6.45, 7) is 38.0. The largest absolute Gasteiger partial charge is 0.494 e. The second-order valence-corrected chi connectivity index (χ2v) is 27.5. The van der Waals surface area contributed by atoms with Crippen LogP contribution in [0.4, 0.5) is 0 Å². The Balaban J connectivity index is 1.11. The Bertz CT molecular complexity index is 3100. The Hall–Kier alpha value is -4.70. The smallest absolute Gasteiger partial charge is 0.399 e. The molecule has 0 bridgehead atoms. The molecular weight excluding hydrogens is 944 g/mol. The molecule has 0 amide bonds. The summed E-state index contributed by atoms with van der Waals surface area (Å²) in [7, 11) is -0.396. The maximum Gasteiger partial charge on any atom is 0.494 e. The molecule has 1 fully saturated rings. The second kappa shape index (κ2) is 21.7. The number of benzene rings is 6. The molecular formula is C75H97BO2. The summed E-state index contributed by atoms with van der Waals surface area (Å²) in [5.41, 5.74) is 23.2. The second-order valence-electron chi connectivity index (χ2n) is 27.5. The number of fused-ring (bicyclic) bond motifs is 9. The highest BCUT2D eigenvalue weighted by molar-refractivity contribution is 6.62. The van der Waals surface area contributed by atoms with Crippen molar-refractivity contribution in [1.29, 1.82) is 0 Å². The van der Waals surface area contributed by atoms with E-state index < -0.39 is 18.3 Å². The molecule has 6 aromatic rings. The van der Waals surface area contributed by atoms with E-state index in [-0.39, 0.29) is 16.2 Å². The van der Waals surface area contributed by atoms with Gasteiger partial charge < -0.3 is 9.31 Å². The standard InChI is InChI=1S/C75H97BO2/c1-17-48(7)42-73(43-49(8)18-2)65-26-24-23-25-59(65)60-32-27-54(37-66(60)73)55-28-33-61-62-34-29-56(39-68(62)74(67(61)38-55,44-50(9)19-3)45-51(10)20-4)57-30-35-63-64-36-31-58(76-77-71(13,14)72(15,16)78-76)41-70(64)75(69(63)40-57,46-52(11)21-5)47-53(12)22-6/h23-41,48-53H,17-22,42-47H2,1-16H3/t48-,49-,50-,51-,52-,53-/m0/s1. The highest BCUT2D eigenvalue weighted by atomic mass is 16.7. The number of rotatable bonds is 21. The van der Waals surface area contributed by atoms with Gasteiger partial charge in [0, 0.05) is 16.2 Å². The molecule has 78 heavy (non-hydrogen) atoms. The van der Waals surface area contributed by atoms with E-state index >= 15 is 0 Å². The molecule has 0 radical (unpaired) electrons. The van der Waals surface area contributed by atoms with Gasteiger partial charge in [-0.1, -0.05) is 213 Å². The summed E-state index contributed by atoms with van der Waals surface area (Å²) in [5, 5.41) is 0. The van der Waals surface area contributed by atoms with Crippen LogP contribution in [0.1, 0.15) is 221 Å². The normalized spacial score (nSPS) is 19.7. The van der Waals surface area contributed by atoms with Gasteiger partial charge in [0.2, 0.25) is 0 Å². The first kappa shape index (κ1) is 56.6. The van der Waals surface area contributed by atoms with Crippen molar-refractivity contribution in [1.82, 2.24) is 0 Å². The van der Waals surface area contributed by atoms with Crippen molar-refractivity contribution in [2.75, 3.05) is 0 Å². The van der Waals surface area contributed by atoms with Gasteiger partial charge in [-0.3, -0.25) is 0 Å². The van der Waals surface area contributed by atoms with Gasteiger partial charge in [0.1, 0.15) is 0 Å². The van der Waals surface area contributed by atoms with E-state index in [4.69, 9.17) is 9.31 Å². The van der Waals surface area contributed by atoms with Crippen molar-refractivity contribution >= 4 is 12.6 Å². The third-order valence-electron chi connectivity index (χ3n) is 21.6. The van der Waals surface area contributed by atoms with Gasteiger partial charge in [-0.05, 0) is 220 Å². The van der Waals surface area contributed by atoms with Gasteiger partial charge in [0.15, 0.2) is 0 Å². The lowest BCUT2D eigenvalue weighted by molar-refractivity contribution is 0.00578. The molecule has 2 nitrogen and oxygen atoms in total. The van der Waals surface area contributed by atoms with Crippen molar-refractivity contribution in [3.63, 3.8) is 0 Å². The maximum atomic E-state index is 6.75. The van der Waals surface area contributed by atoms with Crippen molar-refractivity contribution in [3.8, 4) is 55.6 Å². The van der Waals surface area contributed by atoms with Crippen molar-refractivity contribution in [3.05, 3.63) is 149 Å². The van der Waals surface area contributed by atoms with Gasteiger partial charge in [-0.15, -0.1) is 0 Å². The highest BCUT2D eigenvalue weighted by Gasteiger charge is 2.53. The number of hydrogen-bond donors (Lipinski definition) is 0. The maximum absolute atomic E-state index is 6.75. The van der Waals surface area contributed by atoms with Crippen LogP contribution in [0, 0.1) is 35.5 Å². The third kappa shape index (κ3) is 9.53. The van der Waals surface area contributed by atoms with Crippen LogP contribution in [0.2, 0.25) is 0 Å². The average molecular weight is 1040 g/mol. The fourth-order valence-corrected chi connectivity index (χ4v) is 15.3. The fraction of sp³-hybridized carbons (Fsp3) is 0.520. The van der Waals surface area contributed by atoms with E-state index in [1.54, 1.807) is 22.3 Å². The highest BCUT2D eigenvalue weighted by Crippen LogP contribution is 2.61. The van der Waals surface area contributed by atoms with Crippen LogP contribution in [0.5, 0.6) is 0 Å². The molecule has 1 aliphatic heterocycles. The summed E-state index contributed by atoms with van der Waals surface area (Å²) in [6, 6.07) is 47.1. The Morgan fingerprint density at radius 1 is 0.321 bits per heavy atom. The van der Waals surface area contributed by atoms with Crippen molar-refractivity contribution < 1.29 is 9.31 Å². The molecule has 1 saturated heterocycles. The Kier molecular flexibility index (Phi) is 15.7. The van der Waals surface area contributed by atoms with E-state index in [0.717, 1.165) is 44.0 Å². The molecule has 0 N–H and O–H groups in total. The Morgan fingerprint density at radius 3 is 0.885 bits per heavy atom. The number of hydrogen-bond acceptors (Lipinski definition) is 2. The molecule has 3 heteroatoms. The molecule has 10 rings (SSSR count). The van der Waals surface area contributed by atoms with E-state index in [0.29, 0.717) is 35.5 Å². The van der Waals surface area contributed by atoms with E-state index in [2.05, 4.69) is 226 Å². The first-order chi connectivity index (χ1) is 37.2. The molecule has 6 atom stereocenters. The Labute approximate surface area is 474 Å². The lowest BCUT2D eigenvalue weighted by atomic mass is 9.65. The fourth-order valence-electron chi connectivity index (χ4n) is 15.3. The van der Waals surface area contributed by atoms with Gasteiger partial charge in [0.25, 0.3) is 0 Å². The SMILES string of the molecule is CC[C@H](C)CC1(C[C@@H](C)CC)c2ccccc2-c2ccc(-c3ccc4c(c3)C(C[C@@H](C)CC)(C[C@@H](C)CC)c3cc(-c5ccc6c(c5)C(C[C@@H](C)CC)(C[C@@H](C)CC)c5cc(B7OC(C)(C)C(C)(C)O7)ccc5-6)ccc3-4)cc21. The first-order valence-corrected chi connectivity index (χ1v) is 31.4. The van der Waals surface area contributed by atoms with Crippen LogP contribution in [0.25, 0.3) is 55.6 Å². The molecule has 1 heterocycles. The minimum Gasteiger partial charge on any atom is -0.399 e. The van der Waals surface area contributed by atoms with Crippen LogP contribution < -0.4 is 5.46 Å². The monoisotopic (exact) mass is 1040 g/mol. The topological polar surface area (TPSA) is 18.5 Å². The van der Waals surface area contributed by atoms with Crippen LogP contribution in [0.15, 0.2) is 115 Å². The minimum absolute atomic E-state index is 0.00670. The molecule has 4 aliphatic rings. The van der Waals surface area contributed by atoms with Crippen molar-refractivity contribution in [2.45, 2.75) is 215 Å². The quantitative estimate of drug-likeness (QED) is 0.0669. The molecule has 0 aromatic heterocycles. The molecule has 0 unspecified atom stereocenters. The predicted octanol–water partition coefficient (Wildman–Crippen LogP) is 20.7. The molecule has 0 saturated carbocycles. The molecule has 0 spiro atoms. The minimum atomic E-state index is -0.400. The van der Waals surface area contributed by atoms with Gasteiger partial charge >= 0.3 is 7.12 Å². The summed E-state index contributed by atoms with van der Waals surface area (Å²) < 4.78 is 13.5. The average Bonchev–Trinajstić information content (AvgIpc) is 4.28. The molecule has 6 aromatic carbocycles. The van der Waals surface area contributed by atoms with E-state index in [1.165, 1.54) is 105 Å². The molecule has 3 aliphatic carbocycles. The van der Waals surface area contributed by atoms with Crippen LogP contribution in [0.3, 0.4) is 0 Å². The lowest BCUT2D eigenvalue weighted by Crippen LogP contribution is -2.41.